The van der Waals surface area contributed by atoms with E-state index in [1.807, 2.05) is 24.3 Å². The number of aromatic nitrogens is 4. The minimum Gasteiger partial charge on any atom is -0.493 e. The number of piperazine rings is 1. The number of ether oxygens (including phenoxy) is 2. The van der Waals surface area contributed by atoms with Crippen molar-refractivity contribution in [2.45, 2.75) is 6.54 Å². The van der Waals surface area contributed by atoms with Gasteiger partial charge in [-0.05, 0) is 18.2 Å². The van der Waals surface area contributed by atoms with Gasteiger partial charge in [-0.15, -0.1) is 0 Å². The summed E-state index contributed by atoms with van der Waals surface area (Å²) in [7, 11) is 3.17. The number of nitrogens with two attached hydrogens (primary N) is 1. The summed E-state index contributed by atoms with van der Waals surface area (Å²) >= 11 is 0. The minimum absolute atomic E-state index is 0.110. The molecular formula is C23H25N7O3. The highest BCUT2D eigenvalue weighted by molar-refractivity contribution is 5.91. The fourth-order valence-corrected chi connectivity index (χ4v) is 4.14. The van der Waals surface area contributed by atoms with Gasteiger partial charge in [0, 0.05) is 37.6 Å². The molecule has 5 rings (SSSR count). The summed E-state index contributed by atoms with van der Waals surface area (Å²) in [6.45, 7) is 3.60. The number of hydrogen-bond acceptors (Lipinski definition) is 9. The van der Waals surface area contributed by atoms with E-state index < -0.39 is 0 Å². The summed E-state index contributed by atoms with van der Waals surface area (Å²) in [5, 5.41) is 1.33. The summed E-state index contributed by atoms with van der Waals surface area (Å²) < 4.78 is 10.8. The molecule has 0 unspecified atom stereocenters. The van der Waals surface area contributed by atoms with Crippen molar-refractivity contribution in [3.8, 4) is 11.5 Å². The highest BCUT2D eigenvalue weighted by Gasteiger charge is 2.21. The molecule has 3 N–H and O–H groups in total. The van der Waals surface area contributed by atoms with Gasteiger partial charge in [0.1, 0.15) is 11.6 Å². The Labute approximate surface area is 190 Å². The molecule has 0 amide bonds. The van der Waals surface area contributed by atoms with Crippen LogP contribution in [0.15, 0.2) is 41.2 Å². The number of nitrogens with zero attached hydrogens (tertiary/aromatic N) is 5. The number of benzene rings is 2. The van der Waals surface area contributed by atoms with Crippen LogP contribution in [0.1, 0.15) is 5.82 Å². The van der Waals surface area contributed by atoms with E-state index in [9.17, 15) is 4.79 Å². The molecule has 0 aliphatic carbocycles. The molecule has 1 saturated heterocycles. The third-order valence-corrected chi connectivity index (χ3v) is 5.91. The Balaban J connectivity index is 1.32. The Morgan fingerprint density at radius 3 is 2.42 bits per heavy atom. The highest BCUT2D eigenvalue weighted by atomic mass is 16.5. The van der Waals surface area contributed by atoms with Gasteiger partial charge in [0.2, 0.25) is 5.95 Å². The molecule has 0 atom stereocenters. The number of H-pyrrole nitrogens is 1. The third-order valence-electron chi connectivity index (χ3n) is 5.91. The molecule has 1 aliphatic rings. The Morgan fingerprint density at radius 2 is 1.67 bits per heavy atom. The first-order valence-corrected chi connectivity index (χ1v) is 10.7. The molecule has 1 fully saturated rings. The van der Waals surface area contributed by atoms with E-state index >= 15 is 0 Å². The maximum Gasteiger partial charge on any atom is 0.258 e. The molecule has 3 heterocycles. The van der Waals surface area contributed by atoms with Crippen LogP contribution in [-0.2, 0) is 6.54 Å². The SMILES string of the molecule is COc1cc2nc(N3CCN(Cc4nc5ccccc5c(=O)[nH]4)CC3)nc(N)c2cc1OC. The lowest BCUT2D eigenvalue weighted by Crippen LogP contribution is -2.47. The molecule has 2 aromatic carbocycles. The van der Waals surface area contributed by atoms with Crippen LogP contribution in [0.3, 0.4) is 0 Å². The topological polar surface area (TPSA) is 122 Å². The molecule has 0 spiro atoms. The lowest BCUT2D eigenvalue weighted by Gasteiger charge is -2.34. The van der Waals surface area contributed by atoms with Crippen LogP contribution in [0, 0.1) is 0 Å². The van der Waals surface area contributed by atoms with Gasteiger partial charge in [0.25, 0.3) is 5.56 Å². The lowest BCUT2D eigenvalue weighted by atomic mass is 10.2. The monoisotopic (exact) mass is 447 g/mol. The first kappa shape index (κ1) is 21.0. The first-order chi connectivity index (χ1) is 16.1. The fourth-order valence-electron chi connectivity index (χ4n) is 4.14. The van der Waals surface area contributed by atoms with Crippen molar-refractivity contribution in [3.63, 3.8) is 0 Å². The second-order valence-electron chi connectivity index (χ2n) is 7.93. The Bertz CT molecular complexity index is 1380. The maximum absolute atomic E-state index is 12.3. The van der Waals surface area contributed by atoms with E-state index in [4.69, 9.17) is 20.2 Å². The number of hydrogen-bond donors (Lipinski definition) is 2. The number of rotatable bonds is 5. The van der Waals surface area contributed by atoms with Gasteiger partial charge in [0.15, 0.2) is 11.5 Å². The van der Waals surface area contributed by atoms with Crippen molar-refractivity contribution in [3.05, 3.63) is 52.6 Å². The van der Waals surface area contributed by atoms with E-state index in [-0.39, 0.29) is 5.56 Å². The molecular weight excluding hydrogens is 422 g/mol. The lowest BCUT2D eigenvalue weighted by molar-refractivity contribution is 0.243. The summed E-state index contributed by atoms with van der Waals surface area (Å²) in [4.78, 5) is 33.5. The van der Waals surface area contributed by atoms with Crippen LogP contribution in [0.2, 0.25) is 0 Å². The number of fused-ring (bicyclic) bond motifs is 2. The first-order valence-electron chi connectivity index (χ1n) is 10.7. The van der Waals surface area contributed by atoms with Crippen molar-refractivity contribution < 1.29 is 9.47 Å². The number of nitrogens with one attached hydrogen (secondary N) is 1. The summed E-state index contributed by atoms with van der Waals surface area (Å²) in [5.74, 6) is 2.83. The highest BCUT2D eigenvalue weighted by Crippen LogP contribution is 2.34. The zero-order valence-electron chi connectivity index (χ0n) is 18.5. The molecule has 0 radical (unpaired) electrons. The van der Waals surface area contributed by atoms with Crippen molar-refractivity contribution in [1.82, 2.24) is 24.8 Å². The Hall–Kier alpha value is -3.92. The number of nitrogen functional groups attached to an aromatic ring is 1. The summed E-state index contributed by atoms with van der Waals surface area (Å²) in [6.07, 6.45) is 0. The van der Waals surface area contributed by atoms with Gasteiger partial charge in [-0.3, -0.25) is 9.69 Å². The average Bonchev–Trinajstić information content (AvgIpc) is 2.83. The van der Waals surface area contributed by atoms with Crippen LogP contribution in [-0.4, -0.2) is 65.2 Å². The Morgan fingerprint density at radius 1 is 0.939 bits per heavy atom. The molecule has 2 aromatic heterocycles. The molecule has 10 heteroatoms. The summed E-state index contributed by atoms with van der Waals surface area (Å²) in [5.41, 5.74) is 7.55. The van der Waals surface area contributed by atoms with Gasteiger partial charge < -0.3 is 25.1 Å². The second-order valence-corrected chi connectivity index (χ2v) is 7.93. The fraction of sp³-hybridized carbons (Fsp3) is 0.304. The van der Waals surface area contributed by atoms with E-state index in [1.54, 1.807) is 26.4 Å². The zero-order valence-corrected chi connectivity index (χ0v) is 18.5. The molecule has 0 bridgehead atoms. The van der Waals surface area contributed by atoms with E-state index in [2.05, 4.69) is 24.8 Å². The summed E-state index contributed by atoms with van der Waals surface area (Å²) in [6, 6.07) is 11.0. The van der Waals surface area contributed by atoms with Crippen LogP contribution in [0.25, 0.3) is 21.8 Å². The largest absolute Gasteiger partial charge is 0.493 e. The number of para-hydroxylation sites is 1. The minimum atomic E-state index is -0.110. The van der Waals surface area contributed by atoms with Gasteiger partial charge in [0.05, 0.1) is 37.2 Å². The Kier molecular flexibility index (Phi) is 5.43. The van der Waals surface area contributed by atoms with Gasteiger partial charge in [-0.1, -0.05) is 12.1 Å². The third kappa shape index (κ3) is 4.00. The average molecular weight is 447 g/mol. The maximum atomic E-state index is 12.3. The number of aromatic amines is 1. The molecule has 0 saturated carbocycles. The van der Waals surface area contributed by atoms with Crippen LogP contribution in [0.4, 0.5) is 11.8 Å². The van der Waals surface area contributed by atoms with Crippen molar-refractivity contribution in [2.24, 2.45) is 0 Å². The van der Waals surface area contributed by atoms with Crippen molar-refractivity contribution in [1.29, 1.82) is 0 Å². The standard InChI is InChI=1S/C23H25N7O3/c1-32-18-11-15-17(12-19(18)33-2)26-23(28-21(15)24)30-9-7-29(8-10-30)13-20-25-16-6-4-3-5-14(16)22(31)27-20/h3-6,11-12H,7-10,13H2,1-2H3,(H2,24,26,28)(H,25,27,31). The number of methoxy groups -OCH3 is 2. The quantitative estimate of drug-likeness (QED) is 0.471. The van der Waals surface area contributed by atoms with Gasteiger partial charge in [-0.25, -0.2) is 9.97 Å². The molecule has 4 aromatic rings. The van der Waals surface area contributed by atoms with Gasteiger partial charge in [-0.2, -0.15) is 4.98 Å². The van der Waals surface area contributed by atoms with Crippen molar-refractivity contribution >= 4 is 33.6 Å². The predicted molar refractivity (Wildman–Crippen MR) is 127 cm³/mol. The van der Waals surface area contributed by atoms with Crippen LogP contribution in [0.5, 0.6) is 11.5 Å². The molecule has 1 aliphatic heterocycles. The smallest absolute Gasteiger partial charge is 0.258 e. The second kappa shape index (κ2) is 8.55. The zero-order chi connectivity index (χ0) is 22.9. The van der Waals surface area contributed by atoms with E-state index in [0.29, 0.717) is 52.1 Å². The molecule has 10 nitrogen and oxygen atoms in total. The normalized spacial score (nSPS) is 14.7. The van der Waals surface area contributed by atoms with E-state index in [1.165, 1.54) is 0 Å². The molecule has 33 heavy (non-hydrogen) atoms. The van der Waals surface area contributed by atoms with E-state index in [0.717, 1.165) is 31.6 Å². The number of anilines is 2. The van der Waals surface area contributed by atoms with Crippen molar-refractivity contribution in [2.75, 3.05) is 51.0 Å². The molecule has 170 valence electrons. The van der Waals surface area contributed by atoms with Gasteiger partial charge >= 0.3 is 0 Å². The van der Waals surface area contributed by atoms with Crippen LogP contribution >= 0.6 is 0 Å². The predicted octanol–water partition coefficient (Wildman–Crippen LogP) is 1.79. The van der Waals surface area contributed by atoms with Crippen LogP contribution < -0.4 is 25.7 Å².